The summed E-state index contributed by atoms with van der Waals surface area (Å²) in [5, 5.41) is 10.9. The van der Waals surface area contributed by atoms with Crippen LogP contribution in [0.3, 0.4) is 0 Å². The van der Waals surface area contributed by atoms with Crippen LogP contribution in [-0.2, 0) is 0 Å². The van der Waals surface area contributed by atoms with Gasteiger partial charge in [0.15, 0.2) is 5.82 Å². The van der Waals surface area contributed by atoms with Gasteiger partial charge >= 0.3 is 6.01 Å². The molecule has 44 heavy (non-hydrogen) atoms. The van der Waals surface area contributed by atoms with E-state index in [9.17, 15) is 13.9 Å². The molecular formula is C33H34F3N5O3. The minimum absolute atomic E-state index is 0.0223. The van der Waals surface area contributed by atoms with Crippen LogP contribution in [0, 0.1) is 18.2 Å². The monoisotopic (exact) mass is 605 g/mol. The van der Waals surface area contributed by atoms with Crippen LogP contribution >= 0.6 is 0 Å². The third kappa shape index (κ3) is 4.71. The molecule has 11 heteroatoms. The van der Waals surface area contributed by atoms with E-state index in [2.05, 4.69) is 25.7 Å². The summed E-state index contributed by atoms with van der Waals surface area (Å²) in [6, 6.07) is 2.77. The number of terminal acetylenes is 1. The average Bonchev–Trinajstić information content (AvgIpc) is 3.56. The number of benzene rings is 1. The van der Waals surface area contributed by atoms with Gasteiger partial charge in [0.1, 0.15) is 47.1 Å². The Morgan fingerprint density at radius 3 is 2.70 bits per heavy atom. The van der Waals surface area contributed by atoms with E-state index < -0.39 is 29.6 Å². The van der Waals surface area contributed by atoms with Crippen molar-refractivity contribution in [2.75, 3.05) is 44.8 Å². The van der Waals surface area contributed by atoms with Crippen molar-refractivity contribution in [2.45, 2.75) is 62.3 Å². The average molecular weight is 606 g/mol. The predicted octanol–water partition coefficient (Wildman–Crippen LogP) is 5.57. The first-order chi connectivity index (χ1) is 21.3. The van der Waals surface area contributed by atoms with E-state index in [4.69, 9.17) is 20.9 Å². The highest BCUT2D eigenvalue weighted by Gasteiger charge is 2.49. The lowest BCUT2D eigenvalue weighted by molar-refractivity contribution is 0.107. The highest BCUT2D eigenvalue weighted by atomic mass is 19.1. The number of fused-ring (bicyclic) bond motifs is 3. The van der Waals surface area contributed by atoms with Crippen molar-refractivity contribution in [3.63, 3.8) is 0 Å². The SMILES string of the molecule is C#CC1c2c(cc(O)cc2-c2nc(OC)c3c(N4CCCCC4)nc(OC[C@@]45CCCN4C[C@H](F)C5)nc3c2F)C=CC1F. The second-order valence-electron chi connectivity index (χ2n) is 12.2. The molecule has 0 radical (unpaired) electrons. The molecule has 2 unspecified atom stereocenters. The van der Waals surface area contributed by atoms with Gasteiger partial charge in [-0.25, -0.2) is 18.2 Å². The van der Waals surface area contributed by atoms with Gasteiger partial charge in [0.05, 0.1) is 18.6 Å². The largest absolute Gasteiger partial charge is 0.508 e. The molecule has 4 atom stereocenters. The highest BCUT2D eigenvalue weighted by Crippen LogP contribution is 2.45. The van der Waals surface area contributed by atoms with Gasteiger partial charge in [0, 0.05) is 31.6 Å². The number of allylic oxidation sites excluding steroid dienone is 1. The summed E-state index contributed by atoms with van der Waals surface area (Å²) in [5.74, 6) is 1.04. The maximum Gasteiger partial charge on any atom is 0.319 e. The number of hydrogen-bond acceptors (Lipinski definition) is 8. The number of pyridine rings is 1. The van der Waals surface area contributed by atoms with E-state index in [1.165, 1.54) is 31.4 Å². The Balaban J connectivity index is 1.40. The summed E-state index contributed by atoms with van der Waals surface area (Å²) in [5.41, 5.74) is 0.261. The van der Waals surface area contributed by atoms with Crippen LogP contribution in [0.2, 0.25) is 0 Å². The minimum Gasteiger partial charge on any atom is -0.508 e. The third-order valence-corrected chi connectivity index (χ3v) is 9.51. The zero-order valence-electron chi connectivity index (χ0n) is 24.5. The van der Waals surface area contributed by atoms with Crippen molar-refractivity contribution < 1.29 is 27.8 Å². The van der Waals surface area contributed by atoms with Gasteiger partial charge in [-0.3, -0.25) is 4.90 Å². The molecule has 8 nitrogen and oxygen atoms in total. The third-order valence-electron chi connectivity index (χ3n) is 9.51. The number of anilines is 1. The molecule has 0 saturated carbocycles. The summed E-state index contributed by atoms with van der Waals surface area (Å²) in [4.78, 5) is 18.0. The molecule has 4 aliphatic rings. The Morgan fingerprint density at radius 1 is 1.11 bits per heavy atom. The first-order valence-corrected chi connectivity index (χ1v) is 15.2. The lowest BCUT2D eigenvalue weighted by Gasteiger charge is -2.32. The van der Waals surface area contributed by atoms with E-state index in [-0.39, 0.29) is 41.0 Å². The minimum atomic E-state index is -1.50. The first-order valence-electron chi connectivity index (χ1n) is 15.2. The standard InChI is InChI=1S/C33H34F3N5O3/c1-3-22-24(35)9-8-19-14-21(42)15-23(25(19)22)28-27(36)29-26(31(37-28)43-2)30(40-11-5-4-6-12-40)39-32(38-29)44-18-33-10-7-13-41(33)17-20(34)16-33/h1,8-9,14-15,20,22,24,42H,4-7,10-13,16-18H2,2H3/t20-,22?,24?,33+/m1/s1. The second kappa shape index (κ2) is 11.1. The molecule has 3 fully saturated rings. The van der Waals surface area contributed by atoms with Gasteiger partial charge in [-0.15, -0.1) is 6.42 Å². The molecule has 1 N–H and O–H groups in total. The van der Waals surface area contributed by atoms with E-state index in [1.807, 2.05) is 0 Å². The number of ether oxygens (including phenoxy) is 2. The van der Waals surface area contributed by atoms with Crippen molar-refractivity contribution in [2.24, 2.45) is 0 Å². The summed E-state index contributed by atoms with van der Waals surface area (Å²) in [6.45, 7) is 2.78. The number of phenols is 1. The van der Waals surface area contributed by atoms with Crippen LogP contribution in [-0.4, -0.2) is 82.7 Å². The Labute approximate surface area is 253 Å². The Morgan fingerprint density at radius 2 is 1.93 bits per heavy atom. The molecule has 230 valence electrons. The van der Waals surface area contributed by atoms with Gasteiger partial charge in [0.2, 0.25) is 5.88 Å². The lowest BCUT2D eigenvalue weighted by Crippen LogP contribution is -2.43. The Kier molecular flexibility index (Phi) is 7.28. The first kappa shape index (κ1) is 28.7. The van der Waals surface area contributed by atoms with Crippen molar-refractivity contribution in [3.05, 3.63) is 35.2 Å². The van der Waals surface area contributed by atoms with Gasteiger partial charge < -0.3 is 19.5 Å². The normalized spacial score (nSPS) is 26.4. The molecule has 7 rings (SSSR count). The summed E-state index contributed by atoms with van der Waals surface area (Å²) in [7, 11) is 1.43. The summed E-state index contributed by atoms with van der Waals surface area (Å²) >= 11 is 0. The quantitative estimate of drug-likeness (QED) is 0.365. The van der Waals surface area contributed by atoms with Gasteiger partial charge in [-0.05, 0) is 68.0 Å². The van der Waals surface area contributed by atoms with Gasteiger partial charge in [-0.1, -0.05) is 12.0 Å². The number of methoxy groups -OCH3 is 1. The topological polar surface area (TPSA) is 83.8 Å². The fourth-order valence-corrected chi connectivity index (χ4v) is 7.46. The van der Waals surface area contributed by atoms with Crippen molar-refractivity contribution in [3.8, 4) is 41.2 Å². The summed E-state index contributed by atoms with van der Waals surface area (Å²) < 4.78 is 58.2. The molecule has 5 heterocycles. The fraction of sp³-hybridized carbons (Fsp3) is 0.485. The molecule has 3 saturated heterocycles. The van der Waals surface area contributed by atoms with E-state index in [0.717, 1.165) is 38.6 Å². The smallest absolute Gasteiger partial charge is 0.319 e. The molecule has 3 aromatic rings. The number of halogens is 3. The number of piperidine rings is 1. The van der Waals surface area contributed by atoms with E-state index in [1.54, 1.807) is 0 Å². The zero-order chi connectivity index (χ0) is 30.6. The molecule has 0 amide bonds. The molecule has 0 bridgehead atoms. The van der Waals surface area contributed by atoms with Crippen molar-refractivity contribution in [1.82, 2.24) is 19.9 Å². The van der Waals surface area contributed by atoms with Crippen LogP contribution < -0.4 is 14.4 Å². The molecule has 2 aromatic heterocycles. The maximum atomic E-state index is 16.8. The summed E-state index contributed by atoms with van der Waals surface area (Å²) in [6.07, 6.45) is 11.2. The second-order valence-corrected chi connectivity index (χ2v) is 12.2. The van der Waals surface area contributed by atoms with Crippen molar-refractivity contribution >= 4 is 22.8 Å². The fourth-order valence-electron chi connectivity index (χ4n) is 7.46. The van der Waals surface area contributed by atoms with E-state index >= 15 is 4.39 Å². The maximum absolute atomic E-state index is 16.8. The number of alkyl halides is 2. The van der Waals surface area contributed by atoms with Gasteiger partial charge in [-0.2, -0.15) is 9.97 Å². The Bertz CT molecular complexity index is 1690. The molecule has 0 spiro atoms. The molecule has 3 aliphatic heterocycles. The number of aromatic nitrogens is 3. The Hall–Kier alpha value is -4.04. The number of aromatic hydroxyl groups is 1. The number of phenolic OH excluding ortho intramolecular Hbond substituents is 1. The number of nitrogens with zero attached hydrogens (tertiary/aromatic N) is 5. The molecular weight excluding hydrogens is 571 g/mol. The predicted molar refractivity (Wildman–Crippen MR) is 161 cm³/mol. The number of hydrogen-bond donors (Lipinski definition) is 1. The zero-order valence-corrected chi connectivity index (χ0v) is 24.5. The van der Waals surface area contributed by atoms with Crippen LogP contribution in [0.15, 0.2) is 18.2 Å². The number of rotatable bonds is 6. The van der Waals surface area contributed by atoms with Crippen LogP contribution in [0.5, 0.6) is 17.6 Å². The highest BCUT2D eigenvalue weighted by molar-refractivity contribution is 5.97. The van der Waals surface area contributed by atoms with Crippen LogP contribution in [0.4, 0.5) is 19.0 Å². The lowest BCUT2D eigenvalue weighted by atomic mass is 9.82. The molecule has 1 aliphatic carbocycles. The van der Waals surface area contributed by atoms with Crippen LogP contribution in [0.25, 0.3) is 28.2 Å². The van der Waals surface area contributed by atoms with Gasteiger partial charge in [0.25, 0.3) is 0 Å². The molecule has 1 aromatic carbocycles. The van der Waals surface area contributed by atoms with Crippen molar-refractivity contribution in [1.29, 1.82) is 0 Å². The van der Waals surface area contributed by atoms with Crippen LogP contribution in [0.1, 0.15) is 55.6 Å². The van der Waals surface area contributed by atoms with E-state index in [0.29, 0.717) is 48.4 Å².